The number of methoxy groups -OCH3 is 1. The van der Waals surface area contributed by atoms with E-state index >= 15 is 0 Å². The molecule has 0 aliphatic carbocycles. The number of hydrogen-bond donors (Lipinski definition) is 2. The van der Waals surface area contributed by atoms with E-state index in [0.717, 1.165) is 41.4 Å². The number of benzene rings is 2. The summed E-state index contributed by atoms with van der Waals surface area (Å²) in [7, 11) is 1.61. The molecule has 1 fully saturated rings. The number of nitrogens with zero attached hydrogens (tertiary/aromatic N) is 2. The molecule has 1 amide bonds. The molecule has 1 unspecified atom stereocenters. The fraction of sp³-hybridized carbons (Fsp3) is 0.273. The monoisotopic (exact) mass is 394 g/mol. The van der Waals surface area contributed by atoms with Crippen molar-refractivity contribution < 1.29 is 13.9 Å². The van der Waals surface area contributed by atoms with Crippen molar-refractivity contribution >= 4 is 11.7 Å². The van der Waals surface area contributed by atoms with Crippen LogP contribution in [0.25, 0.3) is 11.3 Å². The lowest BCUT2D eigenvalue weighted by Crippen LogP contribution is -2.38. The van der Waals surface area contributed by atoms with Crippen LogP contribution in [0.3, 0.4) is 0 Å². The normalized spacial score (nSPS) is 16.1. The molecule has 150 valence electrons. The third kappa shape index (κ3) is 4.56. The average Bonchev–Trinajstić information content (AvgIpc) is 3.38. The number of carbonyl (C=O) groups is 1. The number of anilines is 1. The molecule has 1 aliphatic rings. The van der Waals surface area contributed by atoms with Gasteiger partial charge in [-0.05, 0) is 53.9 Å². The standard InChI is InChI=1S/C22H23FN4O2/c1-29-19-4-2-3-15(11-19)12-22(28)24-18-9-10-27(14-18)21-13-20(25-26-21)16-5-7-17(23)8-6-16/h2-8,11,13,18H,9-10,12,14H2,1H3,(H,24,28)(H,25,26). The third-order valence-corrected chi connectivity index (χ3v) is 5.10. The van der Waals surface area contributed by atoms with E-state index < -0.39 is 0 Å². The lowest BCUT2D eigenvalue weighted by atomic mass is 10.1. The lowest BCUT2D eigenvalue weighted by Gasteiger charge is -2.16. The van der Waals surface area contributed by atoms with Crippen LogP contribution in [0, 0.1) is 5.82 Å². The Morgan fingerprint density at radius 3 is 2.90 bits per heavy atom. The Morgan fingerprint density at radius 1 is 1.28 bits per heavy atom. The highest BCUT2D eigenvalue weighted by Gasteiger charge is 2.25. The van der Waals surface area contributed by atoms with Gasteiger partial charge in [-0.3, -0.25) is 9.89 Å². The first-order valence-corrected chi connectivity index (χ1v) is 9.59. The molecule has 0 bridgehead atoms. The van der Waals surface area contributed by atoms with Gasteiger partial charge in [-0.15, -0.1) is 0 Å². The minimum atomic E-state index is -0.263. The number of nitrogens with one attached hydrogen (secondary N) is 2. The Bertz CT molecular complexity index is 986. The summed E-state index contributed by atoms with van der Waals surface area (Å²) in [5, 5.41) is 10.5. The van der Waals surface area contributed by atoms with Gasteiger partial charge >= 0.3 is 0 Å². The quantitative estimate of drug-likeness (QED) is 0.674. The number of carbonyl (C=O) groups excluding carboxylic acids is 1. The largest absolute Gasteiger partial charge is 0.497 e. The highest BCUT2D eigenvalue weighted by molar-refractivity contribution is 5.79. The van der Waals surface area contributed by atoms with Gasteiger partial charge in [-0.25, -0.2) is 4.39 Å². The summed E-state index contributed by atoms with van der Waals surface area (Å²) in [5.41, 5.74) is 2.64. The zero-order valence-electron chi connectivity index (χ0n) is 16.2. The molecule has 7 heteroatoms. The maximum atomic E-state index is 13.1. The molecule has 29 heavy (non-hydrogen) atoms. The lowest BCUT2D eigenvalue weighted by molar-refractivity contribution is -0.121. The Hall–Kier alpha value is -3.35. The number of amides is 1. The zero-order valence-corrected chi connectivity index (χ0v) is 16.2. The van der Waals surface area contributed by atoms with Crippen LogP contribution in [0.5, 0.6) is 5.75 Å². The molecular weight excluding hydrogens is 371 g/mol. The molecule has 2 N–H and O–H groups in total. The van der Waals surface area contributed by atoms with Crippen LogP contribution < -0.4 is 15.0 Å². The second kappa shape index (κ2) is 8.34. The van der Waals surface area contributed by atoms with Gasteiger partial charge < -0.3 is 15.0 Å². The van der Waals surface area contributed by atoms with Crippen LogP contribution in [-0.4, -0.2) is 42.3 Å². The molecule has 3 aromatic rings. The first-order valence-electron chi connectivity index (χ1n) is 9.59. The van der Waals surface area contributed by atoms with Crippen LogP contribution >= 0.6 is 0 Å². The number of halogens is 1. The molecule has 0 spiro atoms. The van der Waals surface area contributed by atoms with Crippen molar-refractivity contribution in [3.8, 4) is 17.0 Å². The van der Waals surface area contributed by atoms with Gasteiger partial charge in [0.05, 0.1) is 19.2 Å². The minimum Gasteiger partial charge on any atom is -0.497 e. The molecule has 0 radical (unpaired) electrons. The van der Waals surface area contributed by atoms with Gasteiger partial charge in [0, 0.05) is 25.2 Å². The number of aromatic amines is 1. The minimum absolute atomic E-state index is 0.000804. The fourth-order valence-corrected chi connectivity index (χ4v) is 3.58. The summed E-state index contributed by atoms with van der Waals surface area (Å²) in [6, 6.07) is 15.9. The summed E-state index contributed by atoms with van der Waals surface area (Å²) >= 11 is 0. The van der Waals surface area contributed by atoms with Gasteiger partial charge in [0.2, 0.25) is 5.91 Å². The summed E-state index contributed by atoms with van der Waals surface area (Å²) in [5.74, 6) is 1.31. The molecule has 0 saturated carbocycles. The van der Waals surface area contributed by atoms with Crippen molar-refractivity contribution in [1.82, 2.24) is 15.5 Å². The Balaban J connectivity index is 1.33. The topological polar surface area (TPSA) is 70.2 Å². The summed E-state index contributed by atoms with van der Waals surface area (Å²) < 4.78 is 18.3. The number of ether oxygens (including phenoxy) is 1. The van der Waals surface area contributed by atoms with Crippen molar-refractivity contribution in [3.63, 3.8) is 0 Å². The summed E-state index contributed by atoms with van der Waals surface area (Å²) in [6.45, 7) is 1.52. The van der Waals surface area contributed by atoms with Gasteiger partial charge in [-0.2, -0.15) is 5.10 Å². The van der Waals surface area contributed by atoms with E-state index in [1.54, 1.807) is 19.2 Å². The number of H-pyrrole nitrogens is 1. The highest BCUT2D eigenvalue weighted by Crippen LogP contribution is 2.24. The van der Waals surface area contributed by atoms with E-state index in [1.165, 1.54) is 12.1 Å². The Morgan fingerprint density at radius 2 is 2.10 bits per heavy atom. The van der Waals surface area contributed by atoms with E-state index in [-0.39, 0.29) is 17.8 Å². The molecule has 1 aromatic heterocycles. The van der Waals surface area contributed by atoms with E-state index in [0.29, 0.717) is 13.0 Å². The van der Waals surface area contributed by atoms with E-state index in [9.17, 15) is 9.18 Å². The highest BCUT2D eigenvalue weighted by atomic mass is 19.1. The Labute approximate surface area is 168 Å². The van der Waals surface area contributed by atoms with Crippen LogP contribution in [0.15, 0.2) is 54.6 Å². The van der Waals surface area contributed by atoms with Gasteiger partial charge in [0.1, 0.15) is 11.6 Å². The van der Waals surface area contributed by atoms with Crippen LogP contribution in [-0.2, 0) is 11.2 Å². The molecule has 2 heterocycles. The first-order chi connectivity index (χ1) is 14.1. The summed E-state index contributed by atoms with van der Waals surface area (Å²) in [4.78, 5) is 14.5. The van der Waals surface area contributed by atoms with E-state index in [1.807, 2.05) is 30.3 Å². The van der Waals surface area contributed by atoms with Gasteiger partial charge in [-0.1, -0.05) is 12.1 Å². The fourth-order valence-electron chi connectivity index (χ4n) is 3.58. The van der Waals surface area contributed by atoms with Gasteiger partial charge in [0.15, 0.2) is 5.82 Å². The number of hydrogen-bond acceptors (Lipinski definition) is 4. The maximum Gasteiger partial charge on any atom is 0.224 e. The van der Waals surface area contributed by atoms with Crippen LogP contribution in [0.4, 0.5) is 10.2 Å². The van der Waals surface area contributed by atoms with Crippen LogP contribution in [0.1, 0.15) is 12.0 Å². The molecular formula is C22H23FN4O2. The smallest absolute Gasteiger partial charge is 0.224 e. The van der Waals surface area contributed by atoms with Crippen molar-refractivity contribution in [3.05, 3.63) is 66.0 Å². The zero-order chi connectivity index (χ0) is 20.2. The Kier molecular flexibility index (Phi) is 5.46. The van der Waals surface area contributed by atoms with Crippen molar-refractivity contribution in [2.75, 3.05) is 25.1 Å². The van der Waals surface area contributed by atoms with Crippen molar-refractivity contribution in [2.24, 2.45) is 0 Å². The molecule has 1 saturated heterocycles. The first kappa shape index (κ1) is 19.0. The number of aromatic nitrogens is 2. The van der Waals surface area contributed by atoms with Gasteiger partial charge in [0.25, 0.3) is 0 Å². The third-order valence-electron chi connectivity index (χ3n) is 5.10. The molecule has 2 aromatic carbocycles. The van der Waals surface area contributed by atoms with E-state index in [4.69, 9.17) is 4.74 Å². The second-order valence-electron chi connectivity index (χ2n) is 7.17. The maximum absolute atomic E-state index is 13.1. The van der Waals surface area contributed by atoms with Crippen LogP contribution in [0.2, 0.25) is 0 Å². The van der Waals surface area contributed by atoms with Crippen molar-refractivity contribution in [1.29, 1.82) is 0 Å². The average molecular weight is 394 g/mol. The molecule has 4 rings (SSSR count). The molecule has 1 atom stereocenters. The second-order valence-corrected chi connectivity index (χ2v) is 7.17. The summed E-state index contributed by atoms with van der Waals surface area (Å²) in [6.07, 6.45) is 1.19. The SMILES string of the molecule is COc1cccc(CC(=O)NC2CCN(c3cc(-c4ccc(F)cc4)[nH]n3)C2)c1. The molecule has 6 nitrogen and oxygen atoms in total. The predicted molar refractivity (Wildman–Crippen MR) is 109 cm³/mol. The molecule has 1 aliphatic heterocycles. The van der Waals surface area contributed by atoms with Crippen molar-refractivity contribution in [2.45, 2.75) is 18.9 Å². The predicted octanol–water partition coefficient (Wildman–Crippen LogP) is 3.16. The number of rotatable bonds is 6. The van der Waals surface area contributed by atoms with E-state index in [2.05, 4.69) is 20.4 Å².